The zero-order valence-electron chi connectivity index (χ0n) is 18.6. The van der Waals surface area contributed by atoms with E-state index in [1.54, 1.807) is 12.1 Å². The first-order valence-electron chi connectivity index (χ1n) is 10.8. The summed E-state index contributed by atoms with van der Waals surface area (Å²) >= 11 is 0. The highest BCUT2D eigenvalue weighted by molar-refractivity contribution is 7.90. The Bertz CT molecular complexity index is 1130. The Morgan fingerprint density at radius 3 is 2.00 bits per heavy atom. The van der Waals surface area contributed by atoms with Gasteiger partial charge in [0, 0.05) is 6.26 Å². The lowest BCUT2D eigenvalue weighted by molar-refractivity contribution is 0.273. The average molecular weight is 452 g/mol. The maximum atomic E-state index is 12.5. The first-order chi connectivity index (χ1) is 15.4. The Morgan fingerprint density at radius 1 is 0.844 bits per heavy atom. The first kappa shape index (κ1) is 23.7. The summed E-state index contributed by atoms with van der Waals surface area (Å²) in [5, 5.41) is 0. The number of benzene rings is 3. The van der Waals surface area contributed by atoms with Gasteiger partial charge < -0.3 is 4.74 Å². The van der Waals surface area contributed by atoms with Crippen molar-refractivity contribution in [3.05, 3.63) is 95.6 Å². The van der Waals surface area contributed by atoms with Crippen LogP contribution in [0.3, 0.4) is 0 Å². The summed E-state index contributed by atoms with van der Waals surface area (Å²) in [6, 6.07) is 25.0. The number of ether oxygens (including phenoxy) is 1. The molecule has 0 aliphatic rings. The van der Waals surface area contributed by atoms with Crippen molar-refractivity contribution in [1.82, 2.24) is 0 Å². The molecule has 3 aromatic carbocycles. The molecule has 0 saturated carbocycles. The third-order valence-corrected chi connectivity index (χ3v) is 6.39. The summed E-state index contributed by atoms with van der Waals surface area (Å²) in [6.07, 6.45) is 4.14. The Labute approximate surface area is 190 Å². The van der Waals surface area contributed by atoms with Gasteiger partial charge in [0.25, 0.3) is 0 Å². The molecule has 0 amide bonds. The number of hydrogen-bond acceptors (Lipinski definition) is 3. The van der Waals surface area contributed by atoms with Crippen LogP contribution in [0.25, 0.3) is 11.1 Å². The van der Waals surface area contributed by atoms with Crippen LogP contribution in [0.2, 0.25) is 0 Å². The second kappa shape index (κ2) is 11.1. The van der Waals surface area contributed by atoms with Crippen LogP contribution in [-0.4, -0.2) is 28.0 Å². The molecule has 3 rings (SSSR count). The fourth-order valence-corrected chi connectivity index (χ4v) is 4.30. The van der Waals surface area contributed by atoms with E-state index in [0.717, 1.165) is 47.1 Å². The minimum absolute atomic E-state index is 0.0369. The van der Waals surface area contributed by atoms with Crippen molar-refractivity contribution in [1.29, 1.82) is 0 Å². The molecule has 0 unspecified atom stereocenters. The highest BCUT2D eigenvalue weighted by Gasteiger charge is 2.15. The predicted octanol–water partition coefficient (Wildman–Crippen LogP) is 6.59. The molecule has 3 nitrogen and oxygen atoms in total. The molecule has 3 aromatic rings. The first-order valence-corrected chi connectivity index (χ1v) is 12.7. The summed E-state index contributed by atoms with van der Waals surface area (Å²) in [7, 11) is -3.26. The lowest BCUT2D eigenvalue weighted by atomic mass is 9.87. The van der Waals surface area contributed by atoms with E-state index in [9.17, 15) is 12.8 Å². The highest BCUT2D eigenvalue weighted by Crippen LogP contribution is 2.36. The Morgan fingerprint density at radius 2 is 1.44 bits per heavy atom. The summed E-state index contributed by atoms with van der Waals surface area (Å²) in [5.41, 5.74) is 5.38. The standard InChI is InChI=1S/C27H29FO3S/c1-3-4-10-26(21-13-17-25(18-14-21)32(2,29)30)27(22-8-6-5-7-9-22)23-11-15-24(16-12-23)31-20-19-28/h5-9,11-18H,3-4,10,19-20H2,1-2H3/b27-26-/i28-1. The SMILES string of the molecule is CCCC/C(=C(\c1ccccc1)c1ccc(OCC[18F])cc1)c1ccc(S(C)(=O)=O)cc1. The number of allylic oxidation sites excluding steroid dienone is 1. The van der Waals surface area contributed by atoms with Gasteiger partial charge in [-0.2, -0.15) is 0 Å². The highest BCUT2D eigenvalue weighted by atomic mass is 32.2. The van der Waals surface area contributed by atoms with Gasteiger partial charge in [0.1, 0.15) is 19.0 Å². The molecule has 0 radical (unpaired) electrons. The smallest absolute Gasteiger partial charge is 0.175 e. The molecule has 0 aliphatic heterocycles. The van der Waals surface area contributed by atoms with Crippen LogP contribution in [-0.2, 0) is 9.84 Å². The van der Waals surface area contributed by atoms with Crippen molar-refractivity contribution in [3.63, 3.8) is 0 Å². The molecular weight excluding hydrogens is 422 g/mol. The second-order valence-corrected chi connectivity index (χ2v) is 9.70. The predicted molar refractivity (Wildman–Crippen MR) is 129 cm³/mol. The summed E-state index contributed by atoms with van der Waals surface area (Å²) in [6.45, 7) is 1.67. The summed E-state index contributed by atoms with van der Waals surface area (Å²) < 4.78 is 41.7. The van der Waals surface area contributed by atoms with Crippen LogP contribution in [0.15, 0.2) is 83.8 Å². The van der Waals surface area contributed by atoms with Crippen LogP contribution in [0.1, 0.15) is 42.9 Å². The van der Waals surface area contributed by atoms with Crippen molar-refractivity contribution in [2.75, 3.05) is 19.5 Å². The van der Waals surface area contributed by atoms with Gasteiger partial charge in [0.05, 0.1) is 4.90 Å². The molecule has 5 heteroatoms. The van der Waals surface area contributed by atoms with Gasteiger partial charge in [-0.25, -0.2) is 12.8 Å². The maximum Gasteiger partial charge on any atom is 0.175 e. The molecule has 168 valence electrons. The fourth-order valence-electron chi connectivity index (χ4n) is 3.66. The number of unbranched alkanes of at least 4 members (excludes halogenated alkanes) is 1. The van der Waals surface area contributed by atoms with Gasteiger partial charge in [0.15, 0.2) is 9.84 Å². The Hall–Kier alpha value is -2.92. The minimum atomic E-state index is -3.26. The lowest BCUT2D eigenvalue weighted by Crippen LogP contribution is -2.00. The van der Waals surface area contributed by atoms with Crippen LogP contribution >= 0.6 is 0 Å². The summed E-state index contributed by atoms with van der Waals surface area (Å²) in [4.78, 5) is 0.312. The molecular formula is C27H29FO3S. The van der Waals surface area contributed by atoms with E-state index in [1.807, 2.05) is 54.6 Å². The quantitative estimate of drug-likeness (QED) is 0.327. The zero-order chi connectivity index (χ0) is 23.0. The molecule has 0 spiro atoms. The Kier molecular flexibility index (Phi) is 8.23. The second-order valence-electron chi connectivity index (χ2n) is 7.68. The van der Waals surface area contributed by atoms with E-state index in [0.29, 0.717) is 10.6 Å². The molecule has 32 heavy (non-hydrogen) atoms. The van der Waals surface area contributed by atoms with E-state index < -0.39 is 16.5 Å². The van der Waals surface area contributed by atoms with Gasteiger partial charge >= 0.3 is 0 Å². The van der Waals surface area contributed by atoms with Crippen molar-refractivity contribution >= 4 is 21.0 Å². The molecule has 0 N–H and O–H groups in total. The van der Waals surface area contributed by atoms with Crippen LogP contribution < -0.4 is 4.74 Å². The number of sulfone groups is 1. The zero-order valence-corrected chi connectivity index (χ0v) is 19.4. The third-order valence-electron chi connectivity index (χ3n) is 5.26. The van der Waals surface area contributed by atoms with Crippen molar-refractivity contribution in [2.24, 2.45) is 0 Å². The number of hydrogen-bond donors (Lipinski definition) is 0. The number of rotatable bonds is 10. The van der Waals surface area contributed by atoms with E-state index in [4.69, 9.17) is 4.74 Å². The molecule has 0 bridgehead atoms. The van der Waals surface area contributed by atoms with Crippen molar-refractivity contribution in [3.8, 4) is 5.75 Å². The molecule has 0 aliphatic carbocycles. The summed E-state index contributed by atoms with van der Waals surface area (Å²) in [5.74, 6) is 0.631. The van der Waals surface area contributed by atoms with Crippen LogP contribution in [0.5, 0.6) is 5.75 Å². The van der Waals surface area contributed by atoms with E-state index >= 15 is 0 Å². The van der Waals surface area contributed by atoms with Gasteiger partial charge in [0.2, 0.25) is 0 Å². The molecule has 0 fully saturated rings. The third kappa shape index (κ3) is 6.07. The van der Waals surface area contributed by atoms with Crippen molar-refractivity contribution < 1.29 is 17.5 Å². The largest absolute Gasteiger partial charge is 0.491 e. The molecule has 0 heterocycles. The lowest BCUT2D eigenvalue weighted by Gasteiger charge is -2.18. The molecule has 0 atom stereocenters. The Balaban J connectivity index is 2.17. The van der Waals surface area contributed by atoms with E-state index in [1.165, 1.54) is 6.26 Å². The monoisotopic (exact) mass is 451 g/mol. The average Bonchev–Trinajstić information content (AvgIpc) is 2.81. The topological polar surface area (TPSA) is 43.4 Å². The fraction of sp³-hybridized carbons (Fsp3) is 0.259. The number of halogens is 1. The number of alkyl halides is 1. The molecule has 0 saturated heterocycles. The van der Waals surface area contributed by atoms with E-state index in [2.05, 4.69) is 19.1 Å². The van der Waals surface area contributed by atoms with Gasteiger partial charge in [-0.1, -0.05) is 67.9 Å². The molecule has 0 aromatic heterocycles. The van der Waals surface area contributed by atoms with E-state index in [-0.39, 0.29) is 6.61 Å². The van der Waals surface area contributed by atoms with Gasteiger partial charge in [-0.05, 0) is 64.9 Å². The maximum absolute atomic E-state index is 12.5. The minimum Gasteiger partial charge on any atom is -0.491 e. The normalized spacial score (nSPS) is 12.3. The van der Waals surface area contributed by atoms with Crippen LogP contribution in [0.4, 0.5) is 4.39 Å². The van der Waals surface area contributed by atoms with Gasteiger partial charge in [-0.15, -0.1) is 0 Å². The van der Waals surface area contributed by atoms with Crippen LogP contribution in [0, 0.1) is 0 Å². The van der Waals surface area contributed by atoms with Crippen molar-refractivity contribution in [2.45, 2.75) is 31.1 Å². The van der Waals surface area contributed by atoms with Gasteiger partial charge in [-0.3, -0.25) is 0 Å².